The van der Waals surface area contributed by atoms with Crippen molar-refractivity contribution in [2.75, 3.05) is 6.61 Å². The van der Waals surface area contributed by atoms with E-state index in [-0.39, 0.29) is 18.5 Å². The number of aliphatic hydroxyl groups excluding tert-OH is 1. The summed E-state index contributed by atoms with van der Waals surface area (Å²) >= 11 is 0. The molecule has 0 saturated carbocycles. The van der Waals surface area contributed by atoms with Crippen molar-refractivity contribution in [1.82, 2.24) is 0 Å². The normalized spacial score (nSPS) is 27.6. The summed E-state index contributed by atoms with van der Waals surface area (Å²) in [4.78, 5) is 0. The molecule has 1 N–H and O–H groups in total. The predicted octanol–water partition coefficient (Wildman–Crippen LogP) is 4.03. The summed E-state index contributed by atoms with van der Waals surface area (Å²) < 4.78 is 11.3. The lowest BCUT2D eigenvalue weighted by Gasteiger charge is -2.31. The Morgan fingerprint density at radius 3 is 2.26 bits per heavy atom. The van der Waals surface area contributed by atoms with E-state index in [2.05, 4.69) is 6.92 Å². The molecule has 0 aliphatic carbocycles. The Morgan fingerprint density at radius 2 is 1.63 bits per heavy atom. The molecule has 1 aliphatic heterocycles. The summed E-state index contributed by atoms with van der Waals surface area (Å²) in [5.74, 6) is 0. The summed E-state index contributed by atoms with van der Waals surface area (Å²) in [6.07, 6.45) is 11.7. The van der Waals surface area contributed by atoms with Crippen molar-refractivity contribution in [1.29, 1.82) is 0 Å². The highest BCUT2D eigenvalue weighted by atomic mass is 16.7. The lowest BCUT2D eigenvalue weighted by atomic mass is 10.1. The lowest BCUT2D eigenvalue weighted by Crippen LogP contribution is -2.38. The van der Waals surface area contributed by atoms with Crippen LogP contribution in [0.2, 0.25) is 0 Å². The van der Waals surface area contributed by atoms with E-state index in [1.165, 1.54) is 44.9 Å². The molecule has 1 saturated heterocycles. The summed E-state index contributed by atoms with van der Waals surface area (Å²) in [6, 6.07) is 0. The molecule has 1 rings (SSSR count). The number of unbranched alkanes of at least 4 members (excludes halogenated alkanes) is 7. The molecule has 3 heteroatoms. The quantitative estimate of drug-likeness (QED) is 0.610. The van der Waals surface area contributed by atoms with Crippen LogP contribution in [0, 0.1) is 0 Å². The van der Waals surface area contributed by atoms with Crippen molar-refractivity contribution in [3.63, 3.8) is 0 Å². The van der Waals surface area contributed by atoms with Crippen molar-refractivity contribution in [2.45, 2.75) is 96.6 Å². The smallest absolute Gasteiger partial charge is 0.158 e. The van der Waals surface area contributed by atoms with Gasteiger partial charge in [-0.3, -0.25) is 0 Å². The summed E-state index contributed by atoms with van der Waals surface area (Å²) in [5.41, 5.74) is 0. The summed E-state index contributed by atoms with van der Waals surface area (Å²) in [6.45, 7) is 4.96. The Morgan fingerprint density at radius 1 is 1.00 bits per heavy atom. The van der Waals surface area contributed by atoms with Crippen LogP contribution in [0.25, 0.3) is 0 Å². The summed E-state index contributed by atoms with van der Waals surface area (Å²) in [5, 5.41) is 9.55. The van der Waals surface area contributed by atoms with Crippen LogP contribution in [0.1, 0.15) is 78.1 Å². The van der Waals surface area contributed by atoms with Gasteiger partial charge in [-0.15, -0.1) is 0 Å². The van der Waals surface area contributed by atoms with Crippen LogP contribution in [-0.4, -0.2) is 30.2 Å². The minimum absolute atomic E-state index is 0.0858. The zero-order valence-electron chi connectivity index (χ0n) is 12.8. The molecule has 1 heterocycles. The van der Waals surface area contributed by atoms with Crippen LogP contribution in [-0.2, 0) is 9.47 Å². The van der Waals surface area contributed by atoms with Crippen molar-refractivity contribution < 1.29 is 14.6 Å². The van der Waals surface area contributed by atoms with Gasteiger partial charge >= 0.3 is 0 Å². The van der Waals surface area contributed by atoms with Crippen LogP contribution in [0.5, 0.6) is 0 Å². The van der Waals surface area contributed by atoms with Crippen LogP contribution >= 0.6 is 0 Å². The predicted molar refractivity (Wildman–Crippen MR) is 78.1 cm³/mol. The van der Waals surface area contributed by atoms with Crippen LogP contribution in [0.15, 0.2) is 0 Å². The average molecular weight is 272 g/mol. The molecule has 1 fully saturated rings. The van der Waals surface area contributed by atoms with Crippen molar-refractivity contribution in [2.24, 2.45) is 0 Å². The van der Waals surface area contributed by atoms with Crippen LogP contribution in [0.3, 0.4) is 0 Å². The minimum atomic E-state index is -0.317. The minimum Gasteiger partial charge on any atom is -0.390 e. The molecule has 0 spiro atoms. The third-order valence-electron chi connectivity index (χ3n) is 3.91. The van der Waals surface area contributed by atoms with E-state index >= 15 is 0 Å². The van der Waals surface area contributed by atoms with Gasteiger partial charge in [0.15, 0.2) is 6.29 Å². The molecule has 1 aliphatic rings. The van der Waals surface area contributed by atoms with Crippen LogP contribution < -0.4 is 0 Å². The number of aliphatic hydroxyl groups is 1. The van der Waals surface area contributed by atoms with Gasteiger partial charge in [0.25, 0.3) is 0 Å². The van der Waals surface area contributed by atoms with Gasteiger partial charge in [0.05, 0.1) is 12.2 Å². The highest BCUT2D eigenvalue weighted by molar-refractivity contribution is 4.71. The number of hydrogen-bond donors (Lipinski definition) is 1. The Labute approximate surface area is 118 Å². The maximum absolute atomic E-state index is 9.55. The molecule has 0 bridgehead atoms. The first kappa shape index (κ1) is 16.9. The molecule has 2 unspecified atom stereocenters. The SMILES string of the molecule is CCCCCCCCCCOC1CCC(O)[C@H](C)O1. The van der Waals surface area contributed by atoms with Crippen LogP contribution in [0.4, 0.5) is 0 Å². The molecule has 19 heavy (non-hydrogen) atoms. The summed E-state index contributed by atoms with van der Waals surface area (Å²) in [7, 11) is 0. The van der Waals surface area contributed by atoms with E-state index in [9.17, 15) is 5.11 Å². The number of ether oxygens (including phenoxy) is 2. The monoisotopic (exact) mass is 272 g/mol. The third-order valence-corrected chi connectivity index (χ3v) is 3.91. The van der Waals surface area contributed by atoms with Crippen molar-refractivity contribution >= 4 is 0 Å². The van der Waals surface area contributed by atoms with Crippen molar-refractivity contribution in [3.05, 3.63) is 0 Å². The average Bonchev–Trinajstić information content (AvgIpc) is 2.41. The Kier molecular flexibility index (Phi) is 9.48. The maximum atomic E-state index is 9.55. The molecular formula is C16H32O3. The van der Waals surface area contributed by atoms with E-state index in [4.69, 9.17) is 9.47 Å². The number of rotatable bonds is 10. The van der Waals surface area contributed by atoms with Crippen molar-refractivity contribution in [3.8, 4) is 0 Å². The van der Waals surface area contributed by atoms with E-state index in [1.807, 2.05) is 6.92 Å². The van der Waals surface area contributed by atoms with E-state index in [0.29, 0.717) is 0 Å². The zero-order valence-corrected chi connectivity index (χ0v) is 12.8. The lowest BCUT2D eigenvalue weighted by molar-refractivity contribution is -0.217. The molecule has 3 atom stereocenters. The van der Waals surface area contributed by atoms with E-state index < -0.39 is 0 Å². The third kappa shape index (κ3) is 7.91. The van der Waals surface area contributed by atoms with Gasteiger partial charge < -0.3 is 14.6 Å². The first-order valence-electron chi connectivity index (χ1n) is 8.19. The molecule has 114 valence electrons. The Bertz CT molecular complexity index is 208. The number of hydrogen-bond acceptors (Lipinski definition) is 3. The van der Waals surface area contributed by atoms with Gasteiger partial charge in [0.1, 0.15) is 0 Å². The van der Waals surface area contributed by atoms with Gasteiger partial charge in [-0.2, -0.15) is 0 Å². The highest BCUT2D eigenvalue weighted by Crippen LogP contribution is 2.20. The second-order valence-corrected chi connectivity index (χ2v) is 5.76. The second kappa shape index (κ2) is 10.6. The fraction of sp³-hybridized carbons (Fsp3) is 1.00. The highest BCUT2D eigenvalue weighted by Gasteiger charge is 2.26. The topological polar surface area (TPSA) is 38.7 Å². The molecule has 0 radical (unpaired) electrons. The van der Waals surface area contributed by atoms with E-state index in [1.54, 1.807) is 0 Å². The van der Waals surface area contributed by atoms with Gasteiger partial charge in [-0.05, 0) is 19.8 Å². The standard InChI is InChI=1S/C16H32O3/c1-3-4-5-6-7-8-9-10-13-18-16-12-11-15(17)14(2)19-16/h14-17H,3-13H2,1-2H3/t14-,15?,16?/m0/s1. The maximum Gasteiger partial charge on any atom is 0.158 e. The largest absolute Gasteiger partial charge is 0.390 e. The second-order valence-electron chi connectivity index (χ2n) is 5.76. The first-order valence-corrected chi connectivity index (χ1v) is 8.19. The molecule has 0 amide bonds. The van der Waals surface area contributed by atoms with Gasteiger partial charge in [0, 0.05) is 13.0 Å². The molecule has 0 aromatic rings. The van der Waals surface area contributed by atoms with Gasteiger partial charge in [-0.1, -0.05) is 51.9 Å². The zero-order chi connectivity index (χ0) is 13.9. The Hall–Kier alpha value is -0.120. The fourth-order valence-corrected chi connectivity index (χ4v) is 2.51. The van der Waals surface area contributed by atoms with Gasteiger partial charge in [-0.25, -0.2) is 0 Å². The molecule has 0 aromatic heterocycles. The molecular weight excluding hydrogens is 240 g/mol. The molecule has 3 nitrogen and oxygen atoms in total. The Balaban J connectivity index is 1.86. The van der Waals surface area contributed by atoms with Gasteiger partial charge in [0.2, 0.25) is 0 Å². The van der Waals surface area contributed by atoms with E-state index in [0.717, 1.165) is 25.9 Å². The fourth-order valence-electron chi connectivity index (χ4n) is 2.51. The first-order chi connectivity index (χ1) is 9.24. The molecule has 0 aromatic carbocycles.